The fraction of sp³-hybridized carbons (Fsp3) is 0.531. The van der Waals surface area contributed by atoms with Crippen LogP contribution in [0.2, 0.25) is 0 Å². The molecule has 0 amide bonds. The molecule has 1 unspecified atom stereocenters. The third kappa shape index (κ3) is 8.18. The number of nitrogens with zero attached hydrogens (tertiary/aromatic N) is 4. The lowest BCUT2D eigenvalue weighted by molar-refractivity contribution is -0.0444. The largest absolute Gasteiger partial charge is 0.497 e. The summed E-state index contributed by atoms with van der Waals surface area (Å²) in [4.78, 5) is 15.6. The van der Waals surface area contributed by atoms with E-state index in [4.69, 9.17) is 30.1 Å². The SMILES string of the molecule is C=C[C@H]1CN2CC[C@H]1C[C@H]2[C@H](O)c1ccnc2ccc(OC)cc12.CCOP(=S)(OCC)Oc1cc(C)nc(C(C)C)n1. The number of rotatable bonds is 11. The minimum Gasteiger partial charge on any atom is -0.497 e. The summed E-state index contributed by atoms with van der Waals surface area (Å²) in [5, 5.41) is 12.1. The van der Waals surface area contributed by atoms with E-state index in [2.05, 4.69) is 32.5 Å². The van der Waals surface area contributed by atoms with Crippen molar-refractivity contribution in [3.63, 3.8) is 0 Å². The fourth-order valence-corrected chi connectivity index (χ4v) is 7.83. The van der Waals surface area contributed by atoms with Crippen LogP contribution in [0.15, 0.2) is 49.2 Å². The van der Waals surface area contributed by atoms with Crippen molar-refractivity contribution in [1.82, 2.24) is 19.9 Å². The van der Waals surface area contributed by atoms with Gasteiger partial charge in [-0.3, -0.25) is 18.9 Å². The van der Waals surface area contributed by atoms with Crippen LogP contribution < -0.4 is 9.26 Å². The Balaban J connectivity index is 0.000000204. The number of pyridine rings is 1. The lowest BCUT2D eigenvalue weighted by Crippen LogP contribution is -2.54. The second kappa shape index (κ2) is 15.0. The van der Waals surface area contributed by atoms with Crippen LogP contribution >= 0.6 is 6.72 Å². The second-order valence-electron chi connectivity index (χ2n) is 11.2. The molecule has 5 heterocycles. The van der Waals surface area contributed by atoms with Crippen molar-refractivity contribution in [1.29, 1.82) is 0 Å². The normalized spacial score (nSPS) is 22.1. The summed E-state index contributed by atoms with van der Waals surface area (Å²) in [6, 6.07) is 9.70. The van der Waals surface area contributed by atoms with E-state index in [0.29, 0.717) is 30.9 Å². The quantitative estimate of drug-likeness (QED) is 0.181. The number of ether oxygens (including phenoxy) is 1. The Bertz CT molecular complexity index is 1430. The molecule has 0 spiro atoms. The first-order valence-electron chi connectivity index (χ1n) is 15.0. The molecule has 3 fully saturated rings. The van der Waals surface area contributed by atoms with Gasteiger partial charge in [0.25, 0.3) is 0 Å². The highest BCUT2D eigenvalue weighted by Gasteiger charge is 2.42. The Kier molecular flexibility index (Phi) is 11.7. The summed E-state index contributed by atoms with van der Waals surface area (Å²) in [6.07, 6.45) is 5.62. The Morgan fingerprint density at radius 3 is 2.51 bits per heavy atom. The van der Waals surface area contributed by atoms with E-state index >= 15 is 0 Å². The third-order valence-electron chi connectivity index (χ3n) is 7.96. The maximum absolute atomic E-state index is 11.2. The number of hydrogen-bond acceptors (Lipinski definition) is 10. The number of aryl methyl sites for hydroxylation is 1. The van der Waals surface area contributed by atoms with Gasteiger partial charge in [0.05, 0.1) is 31.9 Å². The van der Waals surface area contributed by atoms with E-state index in [1.165, 1.54) is 6.42 Å². The molecule has 1 aromatic carbocycles. The minimum absolute atomic E-state index is 0.178. The average Bonchev–Trinajstić information content (AvgIpc) is 3.00. The van der Waals surface area contributed by atoms with Crippen molar-refractivity contribution in [2.45, 2.75) is 65.5 Å². The van der Waals surface area contributed by atoms with Gasteiger partial charge >= 0.3 is 6.72 Å². The summed E-state index contributed by atoms with van der Waals surface area (Å²) >= 11 is 5.32. The van der Waals surface area contributed by atoms with Crippen molar-refractivity contribution in [2.75, 3.05) is 33.4 Å². The molecule has 6 rings (SSSR count). The first-order valence-corrected chi connectivity index (χ1v) is 17.6. The summed E-state index contributed by atoms with van der Waals surface area (Å²) in [7, 11) is 1.66. The summed E-state index contributed by atoms with van der Waals surface area (Å²) in [5.74, 6) is 3.37. The first kappa shape index (κ1) is 33.4. The van der Waals surface area contributed by atoms with Crippen LogP contribution in [0.4, 0.5) is 0 Å². The number of piperidine rings is 3. The molecule has 3 aliphatic rings. The van der Waals surface area contributed by atoms with Gasteiger partial charge in [-0.1, -0.05) is 19.9 Å². The number of fused-ring (bicyclic) bond motifs is 4. The zero-order valence-electron chi connectivity index (χ0n) is 26.1. The molecule has 0 radical (unpaired) electrons. The average molecular weight is 629 g/mol. The van der Waals surface area contributed by atoms with Gasteiger partial charge in [-0.05, 0) is 81.8 Å². The highest BCUT2D eigenvalue weighted by atomic mass is 32.5. The highest BCUT2D eigenvalue weighted by Crippen LogP contribution is 2.49. The second-order valence-corrected chi connectivity index (χ2v) is 14.1. The van der Waals surface area contributed by atoms with Gasteiger partial charge in [0.2, 0.25) is 5.88 Å². The van der Waals surface area contributed by atoms with Crippen LogP contribution in [0, 0.1) is 18.8 Å². The number of aliphatic hydroxyl groups is 1. The van der Waals surface area contributed by atoms with Crippen LogP contribution in [0.1, 0.15) is 69.6 Å². The van der Waals surface area contributed by atoms with E-state index in [1.54, 1.807) is 19.4 Å². The molecule has 3 aliphatic heterocycles. The van der Waals surface area contributed by atoms with Crippen molar-refractivity contribution in [3.8, 4) is 11.6 Å². The van der Waals surface area contributed by atoms with Gasteiger partial charge in [0.1, 0.15) is 11.6 Å². The summed E-state index contributed by atoms with van der Waals surface area (Å²) in [5.41, 5.74) is 2.68. The molecule has 1 N–H and O–H groups in total. The number of aliphatic hydroxyl groups excluding tert-OH is 1. The van der Waals surface area contributed by atoms with E-state index in [1.807, 2.05) is 58.9 Å². The van der Waals surface area contributed by atoms with Crippen LogP contribution in [-0.4, -0.2) is 64.4 Å². The van der Waals surface area contributed by atoms with Gasteiger partial charge in [-0.2, -0.15) is 4.98 Å². The molecule has 5 atom stereocenters. The molecule has 234 valence electrons. The molecular weight excluding hydrogens is 583 g/mol. The van der Waals surface area contributed by atoms with Gasteiger partial charge in [-0.25, -0.2) is 4.98 Å². The molecule has 43 heavy (non-hydrogen) atoms. The number of aromatic nitrogens is 3. The van der Waals surface area contributed by atoms with Crippen molar-refractivity contribution < 1.29 is 23.4 Å². The molecule has 0 aliphatic carbocycles. The van der Waals surface area contributed by atoms with E-state index < -0.39 is 12.8 Å². The van der Waals surface area contributed by atoms with Gasteiger partial charge < -0.3 is 14.4 Å². The van der Waals surface area contributed by atoms with Crippen LogP contribution in [0.5, 0.6) is 11.6 Å². The van der Waals surface area contributed by atoms with Crippen molar-refractivity contribution >= 4 is 29.4 Å². The lowest BCUT2D eigenvalue weighted by atomic mass is 9.73. The zero-order chi connectivity index (χ0) is 31.1. The van der Waals surface area contributed by atoms with Crippen molar-refractivity contribution in [3.05, 3.63) is 66.3 Å². The molecule has 9 nitrogen and oxygen atoms in total. The van der Waals surface area contributed by atoms with E-state index in [9.17, 15) is 5.11 Å². The lowest BCUT2D eigenvalue weighted by Gasteiger charge is -2.50. The minimum atomic E-state index is -2.77. The molecule has 3 aromatic rings. The van der Waals surface area contributed by atoms with Crippen LogP contribution in [-0.2, 0) is 20.9 Å². The van der Waals surface area contributed by atoms with Gasteiger partial charge in [0.15, 0.2) is 0 Å². The summed E-state index contributed by atoms with van der Waals surface area (Å²) in [6.45, 7) is 13.8. The molecular formula is C32H45N4O5PS. The molecule has 2 aromatic heterocycles. The Labute approximate surface area is 260 Å². The predicted octanol–water partition coefficient (Wildman–Crippen LogP) is 6.76. The van der Waals surface area contributed by atoms with E-state index in [-0.39, 0.29) is 12.0 Å². The monoisotopic (exact) mass is 628 g/mol. The number of methoxy groups -OCH3 is 1. The number of hydrogen-bond donors (Lipinski definition) is 1. The third-order valence-corrected chi connectivity index (χ3v) is 10.4. The fourth-order valence-electron chi connectivity index (χ4n) is 5.83. The number of benzene rings is 1. The Morgan fingerprint density at radius 2 is 1.91 bits per heavy atom. The highest BCUT2D eigenvalue weighted by molar-refractivity contribution is 8.07. The first-order chi connectivity index (χ1) is 20.6. The molecule has 3 saturated heterocycles. The smallest absolute Gasteiger partial charge is 0.381 e. The predicted molar refractivity (Wildman–Crippen MR) is 174 cm³/mol. The standard InChI is InChI=1S/C20H24N2O2.C12H21N2O3PS/c1-3-13-12-22-9-7-14(13)10-19(22)20(23)16-6-8-21-18-5-4-15(24-2)11-17(16)18;1-6-15-18(19,16-7-2)17-11-8-10(5)13-12(14-11)9(3)4/h3-6,8,11,13-14,19-20,23H,1,7,9-10,12H2,2H3;8-9H,6-7H2,1-5H3/t13-,14-,19-,20+;/m0./s1. The van der Waals surface area contributed by atoms with Crippen molar-refractivity contribution in [2.24, 2.45) is 11.8 Å². The van der Waals surface area contributed by atoms with Crippen LogP contribution in [0.25, 0.3) is 10.9 Å². The maximum Gasteiger partial charge on any atom is 0.381 e. The Hall–Kier alpha value is -2.46. The van der Waals surface area contributed by atoms with Gasteiger partial charge in [-0.15, -0.1) is 6.58 Å². The topological polar surface area (TPSA) is 99.1 Å². The maximum atomic E-state index is 11.2. The zero-order valence-corrected chi connectivity index (χ0v) is 27.8. The molecule has 2 bridgehead atoms. The summed E-state index contributed by atoms with van der Waals surface area (Å²) < 4.78 is 21.9. The molecule has 0 saturated carbocycles. The van der Waals surface area contributed by atoms with Gasteiger partial charge in [0, 0.05) is 53.7 Å². The molecule has 11 heteroatoms. The van der Waals surface area contributed by atoms with Crippen LogP contribution in [0.3, 0.4) is 0 Å². The Morgan fingerprint density at radius 1 is 1.16 bits per heavy atom. The van der Waals surface area contributed by atoms with E-state index in [0.717, 1.165) is 53.2 Å².